The van der Waals surface area contributed by atoms with E-state index < -0.39 is 6.43 Å². The van der Waals surface area contributed by atoms with Crippen LogP contribution in [-0.4, -0.2) is 11.4 Å². The quantitative estimate of drug-likeness (QED) is 0.680. The standard InChI is InChI=1S/C9H11F2N/c1-2-8-7(6-9(10)11)4-3-5-12-8/h3-5,9H,2,6H2,1H3. The molecule has 0 aliphatic heterocycles. The first-order valence-electron chi connectivity index (χ1n) is 3.95. The predicted octanol–water partition coefficient (Wildman–Crippen LogP) is 2.45. The van der Waals surface area contributed by atoms with E-state index in [2.05, 4.69) is 4.98 Å². The lowest BCUT2D eigenvalue weighted by Crippen LogP contribution is -2.02. The SMILES string of the molecule is CCc1ncccc1CC(F)F. The van der Waals surface area contributed by atoms with Crippen LogP contribution >= 0.6 is 0 Å². The largest absolute Gasteiger partial charge is 0.261 e. The third-order valence-electron chi connectivity index (χ3n) is 1.69. The molecule has 0 amide bonds. The molecular weight excluding hydrogens is 160 g/mol. The van der Waals surface area contributed by atoms with Gasteiger partial charge in [-0.15, -0.1) is 0 Å². The molecule has 12 heavy (non-hydrogen) atoms. The first kappa shape index (κ1) is 9.10. The Hall–Kier alpha value is -0.990. The van der Waals surface area contributed by atoms with Crippen LogP contribution < -0.4 is 0 Å². The molecule has 0 aromatic carbocycles. The molecule has 1 heterocycles. The Morgan fingerprint density at radius 3 is 2.83 bits per heavy atom. The number of pyridine rings is 1. The van der Waals surface area contributed by atoms with Crippen LogP contribution in [0.2, 0.25) is 0 Å². The molecule has 0 spiro atoms. The lowest BCUT2D eigenvalue weighted by atomic mass is 10.1. The van der Waals surface area contributed by atoms with E-state index in [1.54, 1.807) is 18.3 Å². The lowest BCUT2D eigenvalue weighted by Gasteiger charge is -2.04. The van der Waals surface area contributed by atoms with Gasteiger partial charge >= 0.3 is 0 Å². The molecule has 0 radical (unpaired) electrons. The molecule has 0 N–H and O–H groups in total. The van der Waals surface area contributed by atoms with E-state index in [4.69, 9.17) is 0 Å². The molecule has 0 aliphatic carbocycles. The van der Waals surface area contributed by atoms with Crippen LogP contribution in [0.3, 0.4) is 0 Å². The van der Waals surface area contributed by atoms with Crippen molar-refractivity contribution in [2.24, 2.45) is 0 Å². The number of rotatable bonds is 3. The molecule has 1 nitrogen and oxygen atoms in total. The maximum absolute atomic E-state index is 12.0. The minimum absolute atomic E-state index is 0.184. The van der Waals surface area contributed by atoms with Gasteiger partial charge in [0, 0.05) is 18.3 Å². The van der Waals surface area contributed by atoms with E-state index in [1.807, 2.05) is 6.92 Å². The summed E-state index contributed by atoms with van der Waals surface area (Å²) in [6.45, 7) is 1.91. The number of hydrogen-bond acceptors (Lipinski definition) is 1. The Kier molecular flexibility index (Phi) is 3.14. The maximum atomic E-state index is 12.0. The Balaban J connectivity index is 2.82. The molecule has 66 valence electrons. The van der Waals surface area contributed by atoms with Crippen molar-refractivity contribution in [1.82, 2.24) is 4.98 Å². The van der Waals surface area contributed by atoms with Gasteiger partial charge in [0.1, 0.15) is 0 Å². The third-order valence-corrected chi connectivity index (χ3v) is 1.69. The molecule has 0 atom stereocenters. The van der Waals surface area contributed by atoms with Crippen LogP contribution in [-0.2, 0) is 12.8 Å². The summed E-state index contributed by atoms with van der Waals surface area (Å²) in [6.07, 6.45) is -0.118. The Bertz CT molecular complexity index is 248. The van der Waals surface area contributed by atoms with Crippen molar-refractivity contribution in [3.05, 3.63) is 29.6 Å². The van der Waals surface area contributed by atoms with Crippen LogP contribution in [0.25, 0.3) is 0 Å². The molecule has 0 saturated heterocycles. The number of alkyl halides is 2. The zero-order valence-electron chi connectivity index (χ0n) is 6.93. The van der Waals surface area contributed by atoms with Crippen LogP contribution in [0.15, 0.2) is 18.3 Å². The molecule has 0 unspecified atom stereocenters. The maximum Gasteiger partial charge on any atom is 0.242 e. The molecule has 0 aliphatic rings. The predicted molar refractivity (Wildman–Crippen MR) is 43.3 cm³/mol. The summed E-state index contributed by atoms with van der Waals surface area (Å²) in [5.41, 5.74) is 1.44. The second-order valence-electron chi connectivity index (χ2n) is 2.56. The molecule has 1 rings (SSSR count). The molecule has 3 heteroatoms. The van der Waals surface area contributed by atoms with Crippen molar-refractivity contribution in [3.8, 4) is 0 Å². The summed E-state index contributed by atoms with van der Waals surface area (Å²) in [4.78, 5) is 4.02. The van der Waals surface area contributed by atoms with Crippen molar-refractivity contribution in [1.29, 1.82) is 0 Å². The van der Waals surface area contributed by atoms with Crippen LogP contribution in [0.4, 0.5) is 8.78 Å². The van der Waals surface area contributed by atoms with E-state index in [9.17, 15) is 8.78 Å². The fourth-order valence-electron chi connectivity index (χ4n) is 1.14. The minimum atomic E-state index is -2.28. The highest BCUT2D eigenvalue weighted by Gasteiger charge is 2.07. The monoisotopic (exact) mass is 171 g/mol. The summed E-state index contributed by atoms with van der Waals surface area (Å²) in [7, 11) is 0. The summed E-state index contributed by atoms with van der Waals surface area (Å²) in [5.74, 6) is 0. The fraction of sp³-hybridized carbons (Fsp3) is 0.444. The molecule has 0 saturated carbocycles. The number of aromatic nitrogens is 1. The van der Waals surface area contributed by atoms with Crippen molar-refractivity contribution < 1.29 is 8.78 Å². The topological polar surface area (TPSA) is 12.9 Å². The summed E-state index contributed by atoms with van der Waals surface area (Å²) in [6, 6.07) is 3.40. The second-order valence-corrected chi connectivity index (χ2v) is 2.56. The summed E-state index contributed by atoms with van der Waals surface area (Å²) >= 11 is 0. The average Bonchev–Trinajstić information content (AvgIpc) is 2.04. The van der Waals surface area contributed by atoms with Crippen LogP contribution in [0.1, 0.15) is 18.2 Å². The smallest absolute Gasteiger partial charge is 0.242 e. The highest BCUT2D eigenvalue weighted by atomic mass is 19.3. The van der Waals surface area contributed by atoms with E-state index in [-0.39, 0.29) is 6.42 Å². The van der Waals surface area contributed by atoms with E-state index in [1.165, 1.54) is 0 Å². The Morgan fingerprint density at radius 1 is 1.50 bits per heavy atom. The van der Waals surface area contributed by atoms with Crippen molar-refractivity contribution >= 4 is 0 Å². The molecular formula is C9H11F2N. The molecule has 1 aromatic heterocycles. The number of halogens is 2. The average molecular weight is 171 g/mol. The van der Waals surface area contributed by atoms with Crippen molar-refractivity contribution in [3.63, 3.8) is 0 Å². The van der Waals surface area contributed by atoms with Gasteiger partial charge in [-0.1, -0.05) is 13.0 Å². The van der Waals surface area contributed by atoms with E-state index >= 15 is 0 Å². The van der Waals surface area contributed by atoms with Crippen molar-refractivity contribution in [2.75, 3.05) is 0 Å². The first-order chi connectivity index (χ1) is 5.74. The first-order valence-corrected chi connectivity index (χ1v) is 3.95. The summed E-state index contributed by atoms with van der Waals surface area (Å²) in [5, 5.41) is 0. The molecule has 0 fully saturated rings. The number of hydrogen-bond donors (Lipinski definition) is 0. The second kappa shape index (κ2) is 4.14. The lowest BCUT2D eigenvalue weighted by molar-refractivity contribution is 0.148. The zero-order chi connectivity index (χ0) is 8.97. The van der Waals surface area contributed by atoms with Crippen LogP contribution in [0.5, 0.6) is 0 Å². The van der Waals surface area contributed by atoms with E-state index in [0.717, 1.165) is 5.69 Å². The Morgan fingerprint density at radius 2 is 2.25 bits per heavy atom. The normalized spacial score (nSPS) is 10.7. The van der Waals surface area contributed by atoms with Gasteiger partial charge in [-0.3, -0.25) is 4.98 Å². The third kappa shape index (κ3) is 2.26. The Labute approximate surface area is 70.4 Å². The number of aryl methyl sites for hydroxylation is 1. The van der Waals surface area contributed by atoms with Crippen molar-refractivity contribution in [2.45, 2.75) is 26.2 Å². The highest BCUT2D eigenvalue weighted by Crippen LogP contribution is 2.11. The van der Waals surface area contributed by atoms with Gasteiger partial charge in [0.25, 0.3) is 0 Å². The van der Waals surface area contributed by atoms with E-state index in [0.29, 0.717) is 12.0 Å². The zero-order valence-corrected chi connectivity index (χ0v) is 6.93. The minimum Gasteiger partial charge on any atom is -0.261 e. The van der Waals surface area contributed by atoms with Gasteiger partial charge in [-0.25, -0.2) is 8.78 Å². The van der Waals surface area contributed by atoms with Gasteiger partial charge in [0.15, 0.2) is 0 Å². The van der Waals surface area contributed by atoms with Gasteiger partial charge < -0.3 is 0 Å². The van der Waals surface area contributed by atoms with Gasteiger partial charge in [-0.05, 0) is 18.1 Å². The van der Waals surface area contributed by atoms with Gasteiger partial charge in [0.05, 0.1) is 0 Å². The van der Waals surface area contributed by atoms with Crippen LogP contribution in [0, 0.1) is 0 Å². The van der Waals surface area contributed by atoms with Gasteiger partial charge in [0.2, 0.25) is 6.43 Å². The number of nitrogens with zero attached hydrogens (tertiary/aromatic N) is 1. The molecule has 0 bridgehead atoms. The fourth-order valence-corrected chi connectivity index (χ4v) is 1.14. The molecule has 1 aromatic rings. The van der Waals surface area contributed by atoms with Gasteiger partial charge in [-0.2, -0.15) is 0 Å². The highest BCUT2D eigenvalue weighted by molar-refractivity contribution is 5.20. The summed E-state index contributed by atoms with van der Waals surface area (Å²) < 4.78 is 24.0.